The fraction of sp³-hybridized carbons (Fsp3) is 0.611. The quantitative estimate of drug-likeness (QED) is 0.723. The van der Waals surface area contributed by atoms with E-state index in [4.69, 9.17) is 0 Å². The van der Waals surface area contributed by atoms with Gasteiger partial charge in [-0.3, -0.25) is 0 Å². The Balaban J connectivity index is 2.47. The van der Waals surface area contributed by atoms with Crippen LogP contribution in [-0.2, 0) is 6.54 Å². The molecule has 0 aliphatic heterocycles. The van der Waals surface area contributed by atoms with E-state index in [-0.39, 0.29) is 17.4 Å². The van der Waals surface area contributed by atoms with E-state index in [1.807, 2.05) is 71.0 Å². The van der Waals surface area contributed by atoms with Crippen LogP contribution in [0, 0.1) is 11.3 Å². The minimum atomic E-state index is -0.459. The summed E-state index contributed by atoms with van der Waals surface area (Å²) in [5, 5.41) is 15.9. The van der Waals surface area contributed by atoms with Crippen molar-refractivity contribution in [2.24, 2.45) is 11.3 Å². The van der Waals surface area contributed by atoms with Crippen LogP contribution in [0.3, 0.4) is 0 Å². The molecule has 1 aromatic carbocycles. The molecule has 3 N–H and O–H groups in total. The molecule has 1 atom stereocenters. The number of hydrogen-bond donors (Lipinski definition) is 3. The van der Waals surface area contributed by atoms with Crippen LogP contribution in [0.1, 0.15) is 33.3 Å². The van der Waals surface area contributed by atoms with E-state index in [2.05, 4.69) is 10.6 Å². The first kappa shape index (κ1) is 19.3. The van der Waals surface area contributed by atoms with Crippen molar-refractivity contribution in [3.63, 3.8) is 0 Å². The summed E-state index contributed by atoms with van der Waals surface area (Å²) < 4.78 is 0. The predicted octanol–water partition coefficient (Wildman–Crippen LogP) is 2.59. The molecule has 0 fully saturated rings. The fourth-order valence-corrected chi connectivity index (χ4v) is 2.50. The summed E-state index contributed by atoms with van der Waals surface area (Å²) in [6.45, 7) is 8.77. The van der Waals surface area contributed by atoms with Crippen LogP contribution in [0.2, 0.25) is 0 Å². The number of benzene rings is 1. The molecular formula is C18H31N3O2. The van der Waals surface area contributed by atoms with Crippen molar-refractivity contribution < 1.29 is 9.90 Å². The van der Waals surface area contributed by atoms with Gasteiger partial charge in [0.1, 0.15) is 0 Å². The monoisotopic (exact) mass is 321 g/mol. The largest absolute Gasteiger partial charge is 0.392 e. The number of nitrogens with one attached hydrogen (secondary N) is 2. The van der Waals surface area contributed by atoms with Gasteiger partial charge in [0, 0.05) is 38.3 Å². The molecule has 0 aromatic heterocycles. The molecule has 23 heavy (non-hydrogen) atoms. The van der Waals surface area contributed by atoms with Gasteiger partial charge in [-0.05, 0) is 23.6 Å². The van der Waals surface area contributed by atoms with Crippen molar-refractivity contribution >= 4 is 11.7 Å². The normalized spacial score (nSPS) is 12.9. The molecule has 130 valence electrons. The Morgan fingerprint density at radius 2 is 1.91 bits per heavy atom. The van der Waals surface area contributed by atoms with Gasteiger partial charge in [0.25, 0.3) is 0 Å². The number of urea groups is 1. The third kappa shape index (κ3) is 6.10. The molecule has 0 bridgehead atoms. The molecule has 1 aromatic rings. The van der Waals surface area contributed by atoms with Crippen molar-refractivity contribution in [2.45, 2.75) is 40.3 Å². The van der Waals surface area contributed by atoms with Crippen molar-refractivity contribution in [2.75, 3.05) is 25.5 Å². The van der Waals surface area contributed by atoms with Crippen LogP contribution in [0.15, 0.2) is 24.3 Å². The number of aliphatic hydroxyl groups is 1. The van der Waals surface area contributed by atoms with Gasteiger partial charge in [0.05, 0.1) is 6.10 Å². The smallest absolute Gasteiger partial charge is 0.315 e. The molecule has 0 saturated heterocycles. The minimum absolute atomic E-state index is 0.156. The number of carbonyl (C=O) groups is 1. The first-order valence-electron chi connectivity index (χ1n) is 8.09. The van der Waals surface area contributed by atoms with E-state index in [0.29, 0.717) is 13.1 Å². The van der Waals surface area contributed by atoms with E-state index in [1.54, 1.807) is 0 Å². The lowest BCUT2D eigenvalue weighted by molar-refractivity contribution is 0.0151. The van der Waals surface area contributed by atoms with E-state index in [9.17, 15) is 9.90 Å². The van der Waals surface area contributed by atoms with Crippen molar-refractivity contribution in [3.8, 4) is 0 Å². The average Bonchev–Trinajstić information content (AvgIpc) is 2.50. The molecular weight excluding hydrogens is 290 g/mol. The summed E-state index contributed by atoms with van der Waals surface area (Å²) >= 11 is 0. The maximum atomic E-state index is 12.0. The maximum Gasteiger partial charge on any atom is 0.315 e. The standard InChI is InChI=1S/C18H31N3O2/c1-13(2)16(22)18(3,4)12-20-17(23)19-11-14-8-7-9-15(10-14)21(5)6/h7-10,13,16,22H,11-12H2,1-6H3,(H2,19,20,23). The molecule has 0 aliphatic carbocycles. The van der Waals surface area contributed by atoms with Crippen molar-refractivity contribution in [1.82, 2.24) is 10.6 Å². The number of rotatable bonds is 7. The summed E-state index contributed by atoms with van der Waals surface area (Å²) in [6, 6.07) is 7.82. The van der Waals surface area contributed by atoms with Gasteiger partial charge in [-0.1, -0.05) is 39.8 Å². The van der Waals surface area contributed by atoms with Gasteiger partial charge in [0.15, 0.2) is 0 Å². The van der Waals surface area contributed by atoms with Crippen LogP contribution in [-0.4, -0.2) is 37.9 Å². The molecule has 1 unspecified atom stereocenters. The van der Waals surface area contributed by atoms with E-state index < -0.39 is 6.10 Å². The Bertz CT molecular complexity index is 513. The van der Waals surface area contributed by atoms with Crippen LogP contribution >= 0.6 is 0 Å². The van der Waals surface area contributed by atoms with Gasteiger partial charge < -0.3 is 20.6 Å². The average molecular weight is 321 g/mol. The Kier molecular flexibility index (Phi) is 6.88. The van der Waals surface area contributed by atoms with Crippen LogP contribution in [0.4, 0.5) is 10.5 Å². The molecule has 0 saturated carbocycles. The number of carbonyl (C=O) groups excluding carboxylic acids is 1. The van der Waals surface area contributed by atoms with Gasteiger partial charge in [-0.15, -0.1) is 0 Å². The molecule has 2 amide bonds. The zero-order valence-corrected chi connectivity index (χ0v) is 15.2. The number of anilines is 1. The summed E-state index contributed by atoms with van der Waals surface area (Å²) in [4.78, 5) is 14.0. The highest BCUT2D eigenvalue weighted by Gasteiger charge is 2.30. The van der Waals surface area contributed by atoms with Crippen LogP contribution in [0.5, 0.6) is 0 Å². The lowest BCUT2D eigenvalue weighted by Crippen LogP contribution is -2.46. The van der Waals surface area contributed by atoms with Crippen LogP contribution in [0.25, 0.3) is 0 Å². The summed E-state index contributed by atoms with van der Waals surface area (Å²) in [7, 11) is 3.97. The van der Waals surface area contributed by atoms with E-state index in [0.717, 1.165) is 11.3 Å². The highest BCUT2D eigenvalue weighted by Crippen LogP contribution is 2.25. The third-order valence-corrected chi connectivity index (χ3v) is 4.02. The first-order chi connectivity index (χ1) is 10.6. The molecule has 5 nitrogen and oxygen atoms in total. The number of hydrogen-bond acceptors (Lipinski definition) is 3. The van der Waals surface area contributed by atoms with Gasteiger partial charge in [-0.25, -0.2) is 4.79 Å². The number of amides is 2. The lowest BCUT2D eigenvalue weighted by Gasteiger charge is -2.33. The van der Waals surface area contributed by atoms with E-state index >= 15 is 0 Å². The molecule has 0 spiro atoms. The first-order valence-corrected chi connectivity index (χ1v) is 8.09. The summed E-state index contributed by atoms with van der Waals surface area (Å²) in [5.41, 5.74) is 1.79. The fourth-order valence-electron chi connectivity index (χ4n) is 2.50. The number of aliphatic hydroxyl groups excluding tert-OH is 1. The van der Waals surface area contributed by atoms with Crippen molar-refractivity contribution in [1.29, 1.82) is 0 Å². The zero-order valence-electron chi connectivity index (χ0n) is 15.2. The molecule has 1 rings (SSSR count). The summed E-state index contributed by atoms with van der Waals surface area (Å²) in [5.74, 6) is 0.156. The number of nitrogens with zero attached hydrogens (tertiary/aromatic N) is 1. The highest BCUT2D eigenvalue weighted by atomic mass is 16.3. The van der Waals surface area contributed by atoms with Crippen molar-refractivity contribution in [3.05, 3.63) is 29.8 Å². The Hall–Kier alpha value is -1.75. The predicted molar refractivity (Wildman–Crippen MR) is 95.6 cm³/mol. The molecule has 0 aliphatic rings. The van der Waals surface area contributed by atoms with Crippen LogP contribution < -0.4 is 15.5 Å². The topological polar surface area (TPSA) is 64.6 Å². The minimum Gasteiger partial charge on any atom is -0.392 e. The maximum absolute atomic E-state index is 12.0. The van der Waals surface area contributed by atoms with Gasteiger partial charge in [0.2, 0.25) is 0 Å². The zero-order chi connectivity index (χ0) is 17.6. The molecule has 0 heterocycles. The Morgan fingerprint density at radius 1 is 1.26 bits per heavy atom. The second-order valence-electron chi connectivity index (χ2n) is 7.28. The molecule has 5 heteroatoms. The Labute approximate surface area is 140 Å². The molecule has 0 radical (unpaired) electrons. The summed E-state index contributed by atoms with van der Waals surface area (Å²) in [6.07, 6.45) is -0.459. The highest BCUT2D eigenvalue weighted by molar-refractivity contribution is 5.73. The van der Waals surface area contributed by atoms with Gasteiger partial charge >= 0.3 is 6.03 Å². The SMILES string of the molecule is CC(C)C(O)C(C)(C)CNC(=O)NCc1cccc(N(C)C)c1. The van der Waals surface area contributed by atoms with E-state index in [1.165, 1.54) is 0 Å². The third-order valence-electron chi connectivity index (χ3n) is 4.02. The Morgan fingerprint density at radius 3 is 2.48 bits per heavy atom. The second-order valence-corrected chi connectivity index (χ2v) is 7.28. The lowest BCUT2D eigenvalue weighted by atomic mass is 9.81. The second kappa shape index (κ2) is 8.20. The van der Waals surface area contributed by atoms with Gasteiger partial charge in [-0.2, -0.15) is 0 Å².